The van der Waals surface area contributed by atoms with Crippen molar-refractivity contribution in [1.29, 1.82) is 5.26 Å². The molecule has 0 radical (unpaired) electrons. The summed E-state index contributed by atoms with van der Waals surface area (Å²) in [6, 6.07) is 9.12. The average molecular weight is 288 g/mol. The van der Waals surface area contributed by atoms with Crippen LogP contribution in [0.15, 0.2) is 24.3 Å². The lowest BCUT2D eigenvalue weighted by molar-refractivity contribution is 0.0654. The van der Waals surface area contributed by atoms with E-state index in [-0.39, 0.29) is 6.61 Å². The van der Waals surface area contributed by atoms with Crippen LogP contribution in [0.2, 0.25) is 0 Å². The molecule has 0 amide bonds. The largest absolute Gasteiger partial charge is 0.491 e. The number of hydrogen-bond acceptors (Lipinski definition) is 4. The van der Waals surface area contributed by atoms with Crippen LogP contribution in [-0.4, -0.2) is 42.4 Å². The van der Waals surface area contributed by atoms with Gasteiger partial charge in [-0.1, -0.05) is 25.3 Å². The molecule has 0 saturated carbocycles. The van der Waals surface area contributed by atoms with Crippen LogP contribution in [0, 0.1) is 11.3 Å². The van der Waals surface area contributed by atoms with E-state index in [1.807, 2.05) is 6.07 Å². The summed E-state index contributed by atoms with van der Waals surface area (Å²) in [7, 11) is 0. The van der Waals surface area contributed by atoms with E-state index < -0.39 is 6.10 Å². The summed E-state index contributed by atoms with van der Waals surface area (Å²) in [6.07, 6.45) is 5.88. The van der Waals surface area contributed by atoms with E-state index in [0.29, 0.717) is 17.9 Å². The minimum Gasteiger partial charge on any atom is -0.491 e. The van der Waals surface area contributed by atoms with Crippen LogP contribution >= 0.6 is 0 Å². The van der Waals surface area contributed by atoms with Gasteiger partial charge in [0.05, 0.1) is 11.6 Å². The molecule has 0 aromatic heterocycles. The first-order valence-corrected chi connectivity index (χ1v) is 7.81. The van der Waals surface area contributed by atoms with Crippen LogP contribution in [0.25, 0.3) is 0 Å². The molecule has 2 rings (SSSR count). The number of benzene rings is 1. The summed E-state index contributed by atoms with van der Waals surface area (Å²) in [4.78, 5) is 2.33. The Morgan fingerprint density at radius 2 is 1.90 bits per heavy atom. The van der Waals surface area contributed by atoms with Gasteiger partial charge < -0.3 is 14.7 Å². The van der Waals surface area contributed by atoms with Crippen molar-refractivity contribution in [2.24, 2.45) is 0 Å². The number of nitriles is 1. The number of ether oxygens (including phenoxy) is 1. The summed E-state index contributed by atoms with van der Waals surface area (Å²) < 4.78 is 5.58. The normalized spacial score (nSPS) is 18.3. The van der Waals surface area contributed by atoms with Crippen molar-refractivity contribution in [3.05, 3.63) is 29.8 Å². The van der Waals surface area contributed by atoms with Crippen molar-refractivity contribution < 1.29 is 9.84 Å². The minimum atomic E-state index is -0.491. The highest BCUT2D eigenvalue weighted by Gasteiger charge is 2.13. The second kappa shape index (κ2) is 8.66. The maximum absolute atomic E-state index is 10.1. The monoisotopic (exact) mass is 288 g/mol. The van der Waals surface area contributed by atoms with Gasteiger partial charge in [-0.15, -0.1) is 0 Å². The first kappa shape index (κ1) is 15.8. The van der Waals surface area contributed by atoms with Crippen LogP contribution in [0.4, 0.5) is 0 Å². The molecule has 21 heavy (non-hydrogen) atoms. The first-order chi connectivity index (χ1) is 10.3. The van der Waals surface area contributed by atoms with E-state index in [0.717, 1.165) is 13.1 Å². The minimum absolute atomic E-state index is 0.269. The van der Waals surface area contributed by atoms with E-state index in [1.54, 1.807) is 18.2 Å². The molecule has 1 heterocycles. The zero-order valence-electron chi connectivity index (χ0n) is 12.5. The van der Waals surface area contributed by atoms with Crippen LogP contribution in [0.5, 0.6) is 5.75 Å². The molecule has 1 saturated heterocycles. The lowest BCUT2D eigenvalue weighted by atomic mass is 10.1. The summed E-state index contributed by atoms with van der Waals surface area (Å²) in [5.41, 5.74) is 0.575. The fraction of sp³-hybridized carbons (Fsp3) is 0.588. The molecule has 1 aliphatic heterocycles. The highest BCUT2D eigenvalue weighted by Crippen LogP contribution is 2.14. The maximum atomic E-state index is 10.1. The Hall–Kier alpha value is -1.57. The van der Waals surface area contributed by atoms with Gasteiger partial charge in [0.25, 0.3) is 0 Å². The Balaban J connectivity index is 1.75. The third kappa shape index (κ3) is 5.74. The molecule has 4 heteroatoms. The second-order valence-corrected chi connectivity index (χ2v) is 5.67. The molecule has 114 valence electrons. The molecule has 0 bridgehead atoms. The summed E-state index contributed by atoms with van der Waals surface area (Å²) >= 11 is 0. The second-order valence-electron chi connectivity index (χ2n) is 5.67. The molecule has 1 aromatic carbocycles. The maximum Gasteiger partial charge on any atom is 0.120 e. The van der Waals surface area contributed by atoms with Crippen molar-refractivity contribution in [3.63, 3.8) is 0 Å². The SMILES string of the molecule is N#Cc1cccc(OCC(O)CN2CCCCCCC2)c1. The molecule has 1 aliphatic rings. The van der Waals surface area contributed by atoms with Gasteiger partial charge in [-0.2, -0.15) is 5.26 Å². The Morgan fingerprint density at radius 1 is 1.19 bits per heavy atom. The Morgan fingerprint density at radius 3 is 2.62 bits per heavy atom. The van der Waals surface area contributed by atoms with Gasteiger partial charge in [0.15, 0.2) is 0 Å². The molecule has 1 unspecified atom stereocenters. The van der Waals surface area contributed by atoms with E-state index in [4.69, 9.17) is 10.00 Å². The zero-order chi connectivity index (χ0) is 14.9. The van der Waals surface area contributed by atoms with E-state index in [2.05, 4.69) is 11.0 Å². The van der Waals surface area contributed by atoms with Gasteiger partial charge in [-0.25, -0.2) is 0 Å². The summed E-state index contributed by atoms with van der Waals surface area (Å²) in [5, 5.41) is 19.0. The lowest BCUT2D eigenvalue weighted by Crippen LogP contribution is -2.37. The van der Waals surface area contributed by atoms with Crippen molar-refractivity contribution >= 4 is 0 Å². The van der Waals surface area contributed by atoms with E-state index >= 15 is 0 Å². The predicted octanol–water partition coefficient (Wildman–Crippen LogP) is 2.56. The fourth-order valence-electron chi connectivity index (χ4n) is 2.69. The molecule has 1 atom stereocenters. The van der Waals surface area contributed by atoms with Gasteiger partial charge in [0.2, 0.25) is 0 Å². The predicted molar refractivity (Wildman–Crippen MR) is 82.2 cm³/mol. The molecule has 0 spiro atoms. The molecule has 1 N–H and O–H groups in total. The van der Waals surface area contributed by atoms with Crippen molar-refractivity contribution in [1.82, 2.24) is 4.90 Å². The third-order valence-electron chi connectivity index (χ3n) is 3.82. The fourth-order valence-corrected chi connectivity index (χ4v) is 2.69. The number of likely N-dealkylation sites (tertiary alicyclic amines) is 1. The number of aliphatic hydroxyl groups excluding tert-OH is 1. The highest BCUT2D eigenvalue weighted by atomic mass is 16.5. The van der Waals surface area contributed by atoms with Crippen LogP contribution < -0.4 is 4.74 Å². The number of hydrogen-bond donors (Lipinski definition) is 1. The van der Waals surface area contributed by atoms with Gasteiger partial charge in [0, 0.05) is 6.54 Å². The molecular weight excluding hydrogens is 264 g/mol. The molecule has 1 fully saturated rings. The number of aliphatic hydroxyl groups is 1. The summed E-state index contributed by atoms with van der Waals surface area (Å²) in [6.45, 7) is 3.07. The van der Waals surface area contributed by atoms with Crippen LogP contribution in [-0.2, 0) is 0 Å². The standard InChI is InChI=1S/C17H24N2O2/c18-12-15-7-6-8-17(11-15)21-14-16(20)13-19-9-4-2-1-3-5-10-19/h6-8,11,16,20H,1-5,9-10,13-14H2. The third-order valence-corrected chi connectivity index (χ3v) is 3.82. The smallest absolute Gasteiger partial charge is 0.120 e. The van der Waals surface area contributed by atoms with Crippen LogP contribution in [0.1, 0.15) is 37.7 Å². The topological polar surface area (TPSA) is 56.5 Å². The first-order valence-electron chi connectivity index (χ1n) is 7.81. The van der Waals surface area contributed by atoms with Gasteiger partial charge in [-0.05, 0) is 44.1 Å². The lowest BCUT2D eigenvalue weighted by Gasteiger charge is -2.26. The Kier molecular flexibility index (Phi) is 6.52. The molecular formula is C17H24N2O2. The Bertz CT molecular complexity index is 462. The van der Waals surface area contributed by atoms with E-state index in [1.165, 1.54) is 32.1 Å². The summed E-state index contributed by atoms with van der Waals surface area (Å²) in [5.74, 6) is 0.640. The van der Waals surface area contributed by atoms with Crippen molar-refractivity contribution in [2.75, 3.05) is 26.2 Å². The number of β-amino-alcohol motifs (C(OH)–C–C–N with tert-alkyl or cyclic N) is 1. The molecule has 4 nitrogen and oxygen atoms in total. The molecule has 0 aliphatic carbocycles. The quantitative estimate of drug-likeness (QED) is 0.904. The van der Waals surface area contributed by atoms with Gasteiger partial charge in [0.1, 0.15) is 18.5 Å². The van der Waals surface area contributed by atoms with Gasteiger partial charge in [-0.3, -0.25) is 0 Å². The highest BCUT2D eigenvalue weighted by molar-refractivity contribution is 5.36. The van der Waals surface area contributed by atoms with Crippen LogP contribution in [0.3, 0.4) is 0 Å². The average Bonchev–Trinajstić information content (AvgIpc) is 2.48. The van der Waals surface area contributed by atoms with E-state index in [9.17, 15) is 5.11 Å². The Labute approximate surface area is 127 Å². The molecule has 1 aromatic rings. The zero-order valence-corrected chi connectivity index (χ0v) is 12.5. The van der Waals surface area contributed by atoms with Gasteiger partial charge >= 0.3 is 0 Å². The number of rotatable bonds is 5. The van der Waals surface area contributed by atoms with Crippen molar-refractivity contribution in [2.45, 2.75) is 38.2 Å². The number of nitrogens with zero attached hydrogens (tertiary/aromatic N) is 2. The van der Waals surface area contributed by atoms with Crippen molar-refractivity contribution in [3.8, 4) is 11.8 Å².